The molecular weight excluding hydrogens is 250 g/mol. The molecule has 1 aliphatic rings. The molecule has 0 radical (unpaired) electrons. The Bertz CT molecular complexity index is 525. The van der Waals surface area contributed by atoms with Gasteiger partial charge in [-0.15, -0.1) is 0 Å². The molecule has 1 aromatic carbocycles. The van der Waals surface area contributed by atoms with E-state index in [2.05, 4.69) is 11.8 Å². The maximum atomic E-state index is 11.2. The second-order valence-electron chi connectivity index (χ2n) is 4.71. The van der Waals surface area contributed by atoms with E-state index in [1.165, 1.54) is 11.6 Å². The SMILES string of the molecule is CCCCN1CCCc2ccc(S(=O)(=O)O)cc21. The van der Waals surface area contributed by atoms with Crippen LogP contribution in [0.1, 0.15) is 31.7 Å². The zero-order valence-corrected chi connectivity index (χ0v) is 11.4. The lowest BCUT2D eigenvalue weighted by Crippen LogP contribution is -2.30. The first-order valence-corrected chi connectivity index (χ1v) is 7.81. The van der Waals surface area contributed by atoms with Crippen LogP contribution >= 0.6 is 0 Å². The Labute approximate surface area is 108 Å². The topological polar surface area (TPSA) is 57.6 Å². The highest BCUT2D eigenvalue weighted by Crippen LogP contribution is 2.29. The van der Waals surface area contributed by atoms with Gasteiger partial charge < -0.3 is 4.90 Å². The summed E-state index contributed by atoms with van der Waals surface area (Å²) in [4.78, 5) is 2.21. The summed E-state index contributed by atoms with van der Waals surface area (Å²) in [5.74, 6) is 0. The van der Waals surface area contributed by atoms with Crippen LogP contribution in [-0.2, 0) is 16.5 Å². The predicted molar refractivity (Wildman–Crippen MR) is 71.7 cm³/mol. The Hall–Kier alpha value is -1.07. The van der Waals surface area contributed by atoms with Crippen LogP contribution in [0, 0.1) is 0 Å². The minimum absolute atomic E-state index is 0.00958. The maximum absolute atomic E-state index is 11.2. The number of hydrogen-bond acceptors (Lipinski definition) is 3. The summed E-state index contributed by atoms with van der Waals surface area (Å²) < 4.78 is 31.5. The second-order valence-corrected chi connectivity index (χ2v) is 6.13. The van der Waals surface area contributed by atoms with E-state index in [1.807, 2.05) is 6.07 Å². The molecule has 100 valence electrons. The van der Waals surface area contributed by atoms with Gasteiger partial charge in [0.15, 0.2) is 0 Å². The van der Waals surface area contributed by atoms with Gasteiger partial charge in [0.1, 0.15) is 0 Å². The standard InChI is InChI=1S/C13H19NO3S/c1-2-3-8-14-9-4-5-11-6-7-12(10-13(11)14)18(15,16)17/h6-7,10H,2-5,8-9H2,1H3,(H,15,16,17). The van der Waals surface area contributed by atoms with Crippen LogP contribution in [-0.4, -0.2) is 26.1 Å². The van der Waals surface area contributed by atoms with Crippen LogP contribution in [0.2, 0.25) is 0 Å². The van der Waals surface area contributed by atoms with Gasteiger partial charge in [0.25, 0.3) is 10.1 Å². The fourth-order valence-electron chi connectivity index (χ4n) is 2.37. The molecule has 0 bridgehead atoms. The summed E-state index contributed by atoms with van der Waals surface area (Å²) in [6.45, 7) is 4.04. The van der Waals surface area contributed by atoms with Crippen molar-refractivity contribution < 1.29 is 13.0 Å². The highest BCUT2D eigenvalue weighted by atomic mass is 32.2. The number of unbranched alkanes of at least 4 members (excludes halogenated alkanes) is 1. The third-order valence-electron chi connectivity index (χ3n) is 3.35. The molecule has 1 aliphatic heterocycles. The van der Waals surface area contributed by atoms with Gasteiger partial charge in [0, 0.05) is 18.8 Å². The molecule has 0 fully saturated rings. The summed E-state index contributed by atoms with van der Waals surface area (Å²) in [6, 6.07) is 4.90. The summed E-state index contributed by atoms with van der Waals surface area (Å²) in [5.41, 5.74) is 2.13. The molecule has 0 amide bonds. The Morgan fingerprint density at radius 3 is 2.83 bits per heavy atom. The van der Waals surface area contributed by atoms with Crippen molar-refractivity contribution in [3.8, 4) is 0 Å². The van der Waals surface area contributed by atoms with Crippen LogP contribution < -0.4 is 4.90 Å². The molecule has 0 unspecified atom stereocenters. The van der Waals surface area contributed by atoms with Crippen LogP contribution in [0.3, 0.4) is 0 Å². The molecule has 2 rings (SSSR count). The second kappa shape index (κ2) is 5.28. The van der Waals surface area contributed by atoms with E-state index in [4.69, 9.17) is 4.55 Å². The van der Waals surface area contributed by atoms with Gasteiger partial charge in [-0.25, -0.2) is 0 Å². The highest BCUT2D eigenvalue weighted by molar-refractivity contribution is 7.85. The largest absolute Gasteiger partial charge is 0.371 e. The molecule has 0 spiro atoms. The smallest absolute Gasteiger partial charge is 0.294 e. The summed E-state index contributed by atoms with van der Waals surface area (Å²) >= 11 is 0. The van der Waals surface area contributed by atoms with Crippen molar-refractivity contribution in [3.05, 3.63) is 23.8 Å². The Balaban J connectivity index is 2.35. The lowest BCUT2D eigenvalue weighted by molar-refractivity contribution is 0.483. The van der Waals surface area contributed by atoms with E-state index >= 15 is 0 Å². The lowest BCUT2D eigenvalue weighted by atomic mass is 10.0. The van der Waals surface area contributed by atoms with Crippen molar-refractivity contribution >= 4 is 15.8 Å². The molecule has 0 saturated carbocycles. The van der Waals surface area contributed by atoms with Gasteiger partial charge in [0.05, 0.1) is 4.90 Å². The minimum Gasteiger partial charge on any atom is -0.371 e. The summed E-state index contributed by atoms with van der Waals surface area (Å²) in [6.07, 6.45) is 4.28. The van der Waals surface area contributed by atoms with Gasteiger partial charge in [0.2, 0.25) is 0 Å². The molecule has 5 heteroatoms. The predicted octanol–water partition coefficient (Wildman–Crippen LogP) is 2.49. The molecule has 0 saturated heterocycles. The number of benzene rings is 1. The fraction of sp³-hybridized carbons (Fsp3) is 0.538. The summed E-state index contributed by atoms with van der Waals surface area (Å²) in [5, 5.41) is 0. The van der Waals surface area contributed by atoms with Crippen molar-refractivity contribution in [2.24, 2.45) is 0 Å². The average Bonchev–Trinajstić information content (AvgIpc) is 2.34. The molecule has 0 aromatic heterocycles. The average molecular weight is 269 g/mol. The van der Waals surface area contributed by atoms with Crippen LogP contribution in [0.4, 0.5) is 5.69 Å². The number of rotatable bonds is 4. The molecule has 0 atom stereocenters. The first-order valence-electron chi connectivity index (χ1n) is 6.37. The first-order chi connectivity index (χ1) is 8.52. The molecular formula is C13H19NO3S. The monoisotopic (exact) mass is 269 g/mol. The van der Waals surface area contributed by atoms with Crippen LogP contribution in [0.25, 0.3) is 0 Å². The quantitative estimate of drug-likeness (QED) is 0.853. The number of anilines is 1. The van der Waals surface area contributed by atoms with Crippen molar-refractivity contribution in [2.45, 2.75) is 37.5 Å². The highest BCUT2D eigenvalue weighted by Gasteiger charge is 2.19. The zero-order chi connectivity index (χ0) is 13.2. The van der Waals surface area contributed by atoms with Gasteiger partial charge in [-0.05, 0) is 37.0 Å². The van der Waals surface area contributed by atoms with Gasteiger partial charge in [-0.2, -0.15) is 8.42 Å². The lowest BCUT2D eigenvalue weighted by Gasteiger charge is -2.31. The third kappa shape index (κ3) is 2.84. The fourth-order valence-corrected chi connectivity index (χ4v) is 2.87. The molecule has 0 aliphatic carbocycles. The Morgan fingerprint density at radius 2 is 2.17 bits per heavy atom. The normalized spacial score (nSPS) is 15.6. The number of aryl methyl sites for hydroxylation is 1. The number of nitrogens with zero attached hydrogens (tertiary/aromatic N) is 1. The molecule has 1 aromatic rings. The maximum Gasteiger partial charge on any atom is 0.294 e. The van der Waals surface area contributed by atoms with Crippen LogP contribution in [0.15, 0.2) is 23.1 Å². The molecule has 4 nitrogen and oxygen atoms in total. The van der Waals surface area contributed by atoms with Gasteiger partial charge >= 0.3 is 0 Å². The van der Waals surface area contributed by atoms with Crippen LogP contribution in [0.5, 0.6) is 0 Å². The van der Waals surface area contributed by atoms with E-state index in [0.29, 0.717) is 0 Å². The first kappa shape index (κ1) is 13.4. The van der Waals surface area contributed by atoms with Crippen molar-refractivity contribution in [2.75, 3.05) is 18.0 Å². The van der Waals surface area contributed by atoms with E-state index < -0.39 is 10.1 Å². The number of fused-ring (bicyclic) bond motifs is 1. The number of hydrogen-bond donors (Lipinski definition) is 1. The van der Waals surface area contributed by atoms with E-state index in [-0.39, 0.29) is 4.90 Å². The van der Waals surface area contributed by atoms with Crippen molar-refractivity contribution in [3.63, 3.8) is 0 Å². The Kier molecular flexibility index (Phi) is 3.92. The van der Waals surface area contributed by atoms with E-state index in [0.717, 1.165) is 44.5 Å². The molecule has 1 heterocycles. The molecule has 18 heavy (non-hydrogen) atoms. The molecule has 1 N–H and O–H groups in total. The van der Waals surface area contributed by atoms with E-state index in [9.17, 15) is 8.42 Å². The van der Waals surface area contributed by atoms with E-state index in [1.54, 1.807) is 6.07 Å². The zero-order valence-electron chi connectivity index (χ0n) is 10.6. The van der Waals surface area contributed by atoms with Gasteiger partial charge in [-0.3, -0.25) is 4.55 Å². The third-order valence-corrected chi connectivity index (χ3v) is 4.20. The Morgan fingerprint density at radius 1 is 1.39 bits per heavy atom. The minimum atomic E-state index is -4.11. The van der Waals surface area contributed by atoms with Crippen molar-refractivity contribution in [1.29, 1.82) is 0 Å². The summed E-state index contributed by atoms with van der Waals surface area (Å²) in [7, 11) is -4.11. The van der Waals surface area contributed by atoms with Gasteiger partial charge in [-0.1, -0.05) is 19.4 Å². The van der Waals surface area contributed by atoms with Crippen molar-refractivity contribution in [1.82, 2.24) is 0 Å².